The monoisotopic (exact) mass is 335 g/mol. The van der Waals surface area contributed by atoms with Crippen LogP contribution in [0.5, 0.6) is 5.75 Å². The molecule has 0 saturated carbocycles. The first kappa shape index (κ1) is 14.7. The highest BCUT2D eigenvalue weighted by molar-refractivity contribution is 5.49. The third kappa shape index (κ3) is 2.51. The van der Waals surface area contributed by atoms with Gasteiger partial charge in [0, 0.05) is 18.1 Å². The van der Waals surface area contributed by atoms with E-state index >= 15 is 0 Å². The molecule has 1 N–H and O–H groups in total. The van der Waals surface area contributed by atoms with Gasteiger partial charge in [-0.2, -0.15) is 27.8 Å². The van der Waals surface area contributed by atoms with Crippen molar-refractivity contribution in [3.63, 3.8) is 0 Å². The van der Waals surface area contributed by atoms with Gasteiger partial charge in [-0.25, -0.2) is 4.98 Å². The Labute approximate surface area is 134 Å². The van der Waals surface area contributed by atoms with E-state index in [1.54, 1.807) is 0 Å². The summed E-state index contributed by atoms with van der Waals surface area (Å²) in [7, 11) is 0. The summed E-state index contributed by atoms with van der Waals surface area (Å²) in [4.78, 5) is 7.27. The van der Waals surface area contributed by atoms with E-state index in [-0.39, 0.29) is 17.6 Å². The van der Waals surface area contributed by atoms with Crippen molar-refractivity contribution in [2.45, 2.75) is 18.6 Å². The summed E-state index contributed by atoms with van der Waals surface area (Å²) >= 11 is 0. The van der Waals surface area contributed by atoms with E-state index in [4.69, 9.17) is 4.74 Å². The maximum atomic E-state index is 13.1. The first-order chi connectivity index (χ1) is 11.5. The van der Waals surface area contributed by atoms with E-state index in [1.807, 2.05) is 24.3 Å². The molecule has 6 nitrogen and oxygen atoms in total. The van der Waals surface area contributed by atoms with Gasteiger partial charge in [0.25, 0.3) is 5.78 Å². The first-order valence-corrected chi connectivity index (χ1v) is 7.28. The minimum Gasteiger partial charge on any atom is -0.493 e. The standard InChI is InChI=1S/C15H12F3N5O/c16-15(17,18)12-7-13(23-14(22-12)19-8-20-23)21-10-5-6-24-11-4-2-1-3-9(10)11/h1-4,7-8,10,21H,5-6H2/t10-/m0/s1. The number of fused-ring (bicyclic) bond motifs is 2. The molecule has 3 aromatic rings. The summed E-state index contributed by atoms with van der Waals surface area (Å²) in [5.41, 5.74) is -0.117. The van der Waals surface area contributed by atoms with Gasteiger partial charge in [0.1, 0.15) is 17.9 Å². The zero-order chi connectivity index (χ0) is 16.7. The van der Waals surface area contributed by atoms with Crippen LogP contribution < -0.4 is 10.1 Å². The highest BCUT2D eigenvalue weighted by Gasteiger charge is 2.34. The molecule has 0 radical (unpaired) electrons. The van der Waals surface area contributed by atoms with Crippen LogP contribution in [0.1, 0.15) is 23.7 Å². The van der Waals surface area contributed by atoms with Gasteiger partial charge < -0.3 is 10.1 Å². The van der Waals surface area contributed by atoms with Gasteiger partial charge in [-0.1, -0.05) is 18.2 Å². The van der Waals surface area contributed by atoms with E-state index in [0.29, 0.717) is 13.0 Å². The van der Waals surface area contributed by atoms with E-state index in [0.717, 1.165) is 17.4 Å². The lowest BCUT2D eigenvalue weighted by Gasteiger charge is -2.27. The number of nitrogens with one attached hydrogen (secondary N) is 1. The van der Waals surface area contributed by atoms with Crippen LogP contribution in [0, 0.1) is 0 Å². The van der Waals surface area contributed by atoms with Crippen molar-refractivity contribution in [2.24, 2.45) is 0 Å². The molecule has 0 fully saturated rings. The number of benzene rings is 1. The molecule has 4 rings (SSSR count). The molecule has 1 aliphatic heterocycles. The Morgan fingerprint density at radius 3 is 2.92 bits per heavy atom. The Hall–Kier alpha value is -2.84. The number of halogens is 3. The molecule has 0 aliphatic carbocycles. The van der Waals surface area contributed by atoms with Gasteiger partial charge in [0.05, 0.1) is 12.6 Å². The molecule has 124 valence electrons. The Morgan fingerprint density at radius 1 is 1.25 bits per heavy atom. The maximum Gasteiger partial charge on any atom is 0.433 e. The molecule has 3 heterocycles. The molecule has 1 aliphatic rings. The molecular weight excluding hydrogens is 323 g/mol. The van der Waals surface area contributed by atoms with Crippen LogP contribution in [0.3, 0.4) is 0 Å². The average molecular weight is 335 g/mol. The second-order valence-electron chi connectivity index (χ2n) is 5.37. The number of anilines is 1. The second kappa shape index (κ2) is 5.36. The Balaban J connectivity index is 1.76. The second-order valence-corrected chi connectivity index (χ2v) is 5.37. The van der Waals surface area contributed by atoms with Gasteiger partial charge in [0.15, 0.2) is 5.69 Å². The van der Waals surface area contributed by atoms with Crippen LogP contribution in [-0.2, 0) is 6.18 Å². The quantitative estimate of drug-likeness (QED) is 0.780. The fraction of sp³-hybridized carbons (Fsp3) is 0.267. The van der Waals surface area contributed by atoms with E-state index in [2.05, 4.69) is 20.4 Å². The zero-order valence-corrected chi connectivity index (χ0v) is 12.3. The van der Waals surface area contributed by atoms with Crippen molar-refractivity contribution in [1.29, 1.82) is 0 Å². The molecule has 1 atom stereocenters. The Bertz CT molecular complexity index is 892. The molecule has 0 spiro atoms. The minimum atomic E-state index is -4.56. The smallest absolute Gasteiger partial charge is 0.433 e. The lowest BCUT2D eigenvalue weighted by atomic mass is 10.0. The average Bonchev–Trinajstić information content (AvgIpc) is 3.03. The van der Waals surface area contributed by atoms with Gasteiger partial charge in [-0.3, -0.25) is 0 Å². The topological polar surface area (TPSA) is 64.3 Å². The predicted octanol–water partition coefficient (Wildman–Crippen LogP) is 3.08. The molecule has 0 bridgehead atoms. The molecule has 0 amide bonds. The number of hydrogen-bond donors (Lipinski definition) is 1. The van der Waals surface area contributed by atoms with Crippen molar-refractivity contribution in [2.75, 3.05) is 11.9 Å². The molecule has 9 heteroatoms. The van der Waals surface area contributed by atoms with Crippen LogP contribution >= 0.6 is 0 Å². The third-order valence-corrected chi connectivity index (χ3v) is 3.82. The number of ether oxygens (including phenoxy) is 1. The largest absolute Gasteiger partial charge is 0.493 e. The first-order valence-electron chi connectivity index (χ1n) is 7.28. The number of alkyl halides is 3. The molecule has 0 unspecified atom stereocenters. The molecular formula is C15H12F3N5O. The Kier molecular flexibility index (Phi) is 3.29. The van der Waals surface area contributed by atoms with E-state index in [1.165, 1.54) is 10.8 Å². The van der Waals surface area contributed by atoms with Crippen molar-refractivity contribution < 1.29 is 17.9 Å². The fourth-order valence-electron chi connectivity index (χ4n) is 2.73. The van der Waals surface area contributed by atoms with Crippen molar-refractivity contribution in [3.8, 4) is 5.75 Å². The zero-order valence-electron chi connectivity index (χ0n) is 12.3. The van der Waals surface area contributed by atoms with Gasteiger partial charge in [0.2, 0.25) is 0 Å². The summed E-state index contributed by atoms with van der Waals surface area (Å²) in [5, 5.41) is 7.06. The third-order valence-electron chi connectivity index (χ3n) is 3.82. The summed E-state index contributed by atoms with van der Waals surface area (Å²) in [6.07, 6.45) is -2.76. The number of hydrogen-bond acceptors (Lipinski definition) is 5. The van der Waals surface area contributed by atoms with Crippen LogP contribution in [0.4, 0.5) is 19.0 Å². The van der Waals surface area contributed by atoms with Crippen LogP contribution in [0.15, 0.2) is 36.7 Å². The molecule has 2 aromatic heterocycles. The summed E-state index contributed by atoms with van der Waals surface area (Å²) < 4.78 is 46.0. The molecule has 24 heavy (non-hydrogen) atoms. The summed E-state index contributed by atoms with van der Waals surface area (Å²) in [5.74, 6) is 0.806. The number of rotatable bonds is 2. The lowest BCUT2D eigenvalue weighted by molar-refractivity contribution is -0.141. The normalized spacial score (nSPS) is 17.4. The van der Waals surface area contributed by atoms with Crippen LogP contribution in [0.25, 0.3) is 5.78 Å². The SMILES string of the molecule is FC(F)(F)c1cc(N[C@H]2CCOc3ccccc32)n2ncnc2n1. The predicted molar refractivity (Wildman–Crippen MR) is 78.7 cm³/mol. The van der Waals surface area contributed by atoms with E-state index < -0.39 is 11.9 Å². The highest BCUT2D eigenvalue weighted by atomic mass is 19.4. The lowest BCUT2D eigenvalue weighted by Crippen LogP contribution is -2.22. The van der Waals surface area contributed by atoms with Gasteiger partial charge >= 0.3 is 6.18 Å². The molecule has 0 saturated heterocycles. The fourth-order valence-corrected chi connectivity index (χ4v) is 2.73. The van der Waals surface area contributed by atoms with Crippen molar-refractivity contribution >= 4 is 11.6 Å². The van der Waals surface area contributed by atoms with Crippen LogP contribution in [-0.4, -0.2) is 26.2 Å². The number of nitrogens with zero attached hydrogens (tertiary/aromatic N) is 4. The van der Waals surface area contributed by atoms with E-state index in [9.17, 15) is 13.2 Å². The summed E-state index contributed by atoms with van der Waals surface area (Å²) in [6.45, 7) is 0.479. The van der Waals surface area contributed by atoms with Crippen molar-refractivity contribution in [1.82, 2.24) is 19.6 Å². The molecule has 1 aromatic carbocycles. The van der Waals surface area contributed by atoms with Crippen molar-refractivity contribution in [3.05, 3.63) is 47.9 Å². The Morgan fingerprint density at radius 2 is 2.08 bits per heavy atom. The van der Waals surface area contributed by atoms with Gasteiger partial charge in [-0.05, 0) is 6.07 Å². The highest BCUT2D eigenvalue weighted by Crippen LogP contribution is 2.35. The van der Waals surface area contributed by atoms with Crippen LogP contribution in [0.2, 0.25) is 0 Å². The maximum absolute atomic E-state index is 13.1. The van der Waals surface area contributed by atoms with Gasteiger partial charge in [-0.15, -0.1) is 0 Å². The number of aromatic nitrogens is 4. The minimum absolute atomic E-state index is 0.104. The number of para-hydroxylation sites is 1. The summed E-state index contributed by atoms with van der Waals surface area (Å²) in [6, 6.07) is 8.19.